The van der Waals surface area contributed by atoms with Crippen molar-refractivity contribution in [1.29, 1.82) is 0 Å². The Kier molecular flexibility index (Phi) is 4.11. The summed E-state index contributed by atoms with van der Waals surface area (Å²) in [5.74, 6) is 0.242. The fourth-order valence-electron chi connectivity index (χ4n) is 2.58. The van der Waals surface area contributed by atoms with Crippen molar-refractivity contribution in [3.63, 3.8) is 0 Å². The van der Waals surface area contributed by atoms with E-state index in [1.54, 1.807) is 11.3 Å². The van der Waals surface area contributed by atoms with Crippen LogP contribution in [0.15, 0.2) is 24.3 Å². The number of rotatable bonds is 5. The first-order chi connectivity index (χ1) is 11.4. The van der Waals surface area contributed by atoms with Crippen LogP contribution in [0.4, 0.5) is 0 Å². The SMILES string of the molecule is Cc1c(C(N)=O)sc2nc(-c3ccc(OC(C)C)cc3)c(C=O)n12. The molecule has 3 rings (SSSR count). The van der Waals surface area contributed by atoms with Crippen LogP contribution in [-0.2, 0) is 0 Å². The lowest BCUT2D eigenvalue weighted by Crippen LogP contribution is -2.11. The summed E-state index contributed by atoms with van der Waals surface area (Å²) >= 11 is 1.18. The second-order valence-electron chi connectivity index (χ2n) is 5.65. The molecular weight excluding hydrogens is 326 g/mol. The smallest absolute Gasteiger partial charge is 0.260 e. The molecule has 1 aromatic carbocycles. The summed E-state index contributed by atoms with van der Waals surface area (Å²) < 4.78 is 7.29. The molecule has 0 radical (unpaired) electrons. The van der Waals surface area contributed by atoms with Crippen LogP contribution in [0.1, 0.15) is 39.7 Å². The van der Waals surface area contributed by atoms with E-state index in [0.29, 0.717) is 26.9 Å². The number of benzene rings is 1. The quantitative estimate of drug-likeness (QED) is 0.721. The van der Waals surface area contributed by atoms with E-state index in [1.807, 2.05) is 38.1 Å². The Balaban J connectivity index is 2.10. The number of imidazole rings is 1. The fourth-order valence-corrected chi connectivity index (χ4v) is 3.57. The first kappa shape index (κ1) is 16.2. The zero-order valence-electron chi connectivity index (χ0n) is 13.6. The minimum atomic E-state index is -0.517. The lowest BCUT2D eigenvalue weighted by Gasteiger charge is -2.09. The second kappa shape index (κ2) is 6.09. The number of aryl methyl sites for hydroxylation is 1. The highest BCUT2D eigenvalue weighted by molar-refractivity contribution is 7.19. The molecule has 0 atom stereocenters. The van der Waals surface area contributed by atoms with E-state index in [-0.39, 0.29) is 6.10 Å². The first-order valence-electron chi connectivity index (χ1n) is 7.46. The molecule has 0 aliphatic carbocycles. The lowest BCUT2D eigenvalue weighted by atomic mass is 10.1. The van der Waals surface area contributed by atoms with Crippen LogP contribution in [0.5, 0.6) is 5.75 Å². The van der Waals surface area contributed by atoms with Crippen molar-refractivity contribution in [3.8, 4) is 17.0 Å². The molecule has 24 heavy (non-hydrogen) atoms. The average Bonchev–Trinajstić information content (AvgIpc) is 3.04. The van der Waals surface area contributed by atoms with Gasteiger partial charge in [-0.15, -0.1) is 0 Å². The average molecular weight is 343 g/mol. The molecule has 124 valence electrons. The van der Waals surface area contributed by atoms with E-state index in [4.69, 9.17) is 10.5 Å². The van der Waals surface area contributed by atoms with Crippen LogP contribution in [0, 0.1) is 6.92 Å². The van der Waals surface area contributed by atoms with Gasteiger partial charge in [0.2, 0.25) is 0 Å². The summed E-state index contributed by atoms with van der Waals surface area (Å²) in [6, 6.07) is 7.42. The number of aldehydes is 1. The maximum absolute atomic E-state index is 11.6. The summed E-state index contributed by atoms with van der Waals surface area (Å²) in [6.07, 6.45) is 0.840. The third kappa shape index (κ3) is 2.67. The van der Waals surface area contributed by atoms with Gasteiger partial charge in [0.15, 0.2) is 11.2 Å². The van der Waals surface area contributed by atoms with Gasteiger partial charge in [0, 0.05) is 11.3 Å². The number of hydrogen-bond donors (Lipinski definition) is 1. The van der Waals surface area contributed by atoms with Crippen LogP contribution < -0.4 is 10.5 Å². The molecule has 0 saturated heterocycles. The Bertz CT molecular complexity index is 923. The van der Waals surface area contributed by atoms with E-state index in [9.17, 15) is 9.59 Å². The summed E-state index contributed by atoms with van der Waals surface area (Å²) in [6.45, 7) is 5.67. The van der Waals surface area contributed by atoms with Gasteiger partial charge in [0.05, 0.1) is 6.10 Å². The topological polar surface area (TPSA) is 86.7 Å². The van der Waals surface area contributed by atoms with Crippen molar-refractivity contribution >= 4 is 28.5 Å². The van der Waals surface area contributed by atoms with Gasteiger partial charge < -0.3 is 10.5 Å². The van der Waals surface area contributed by atoms with Crippen molar-refractivity contribution in [2.24, 2.45) is 5.73 Å². The number of thiazole rings is 1. The molecule has 0 saturated carbocycles. The van der Waals surface area contributed by atoms with Crippen molar-refractivity contribution in [3.05, 3.63) is 40.5 Å². The Morgan fingerprint density at radius 2 is 2.00 bits per heavy atom. The molecule has 2 N–H and O–H groups in total. The molecule has 2 heterocycles. The van der Waals surface area contributed by atoms with E-state index < -0.39 is 5.91 Å². The molecule has 0 fully saturated rings. The molecule has 7 heteroatoms. The minimum Gasteiger partial charge on any atom is -0.491 e. The number of carbonyl (C=O) groups excluding carboxylic acids is 2. The second-order valence-corrected chi connectivity index (χ2v) is 6.63. The minimum absolute atomic E-state index is 0.0919. The molecule has 0 aliphatic heterocycles. The number of ether oxygens (including phenoxy) is 1. The molecule has 0 spiro atoms. The number of hydrogen-bond acceptors (Lipinski definition) is 5. The van der Waals surface area contributed by atoms with Crippen LogP contribution in [-0.4, -0.2) is 27.7 Å². The van der Waals surface area contributed by atoms with Crippen LogP contribution in [0.3, 0.4) is 0 Å². The normalized spacial score (nSPS) is 11.2. The molecule has 0 unspecified atom stereocenters. The highest BCUT2D eigenvalue weighted by atomic mass is 32.1. The molecule has 1 amide bonds. The maximum atomic E-state index is 11.6. The van der Waals surface area contributed by atoms with Crippen molar-refractivity contribution in [1.82, 2.24) is 9.38 Å². The van der Waals surface area contributed by atoms with Crippen molar-refractivity contribution in [2.75, 3.05) is 0 Å². The van der Waals surface area contributed by atoms with E-state index in [0.717, 1.165) is 17.6 Å². The zero-order chi connectivity index (χ0) is 17.4. The fraction of sp³-hybridized carbons (Fsp3) is 0.235. The number of nitrogens with two attached hydrogens (primary N) is 1. The van der Waals surface area contributed by atoms with Gasteiger partial charge in [-0.05, 0) is 45.0 Å². The molecule has 0 aliphatic rings. The van der Waals surface area contributed by atoms with E-state index in [1.165, 1.54) is 11.3 Å². The first-order valence-corrected chi connectivity index (χ1v) is 8.28. The zero-order valence-corrected chi connectivity index (χ0v) is 14.4. The summed E-state index contributed by atoms with van der Waals surface area (Å²) in [4.78, 5) is 28.6. The van der Waals surface area contributed by atoms with Crippen molar-refractivity contribution < 1.29 is 14.3 Å². The molecule has 0 bridgehead atoms. The monoisotopic (exact) mass is 343 g/mol. The molecule has 6 nitrogen and oxygen atoms in total. The van der Waals surface area contributed by atoms with Crippen molar-refractivity contribution in [2.45, 2.75) is 26.9 Å². The van der Waals surface area contributed by atoms with Gasteiger partial charge in [-0.3, -0.25) is 14.0 Å². The van der Waals surface area contributed by atoms with Gasteiger partial charge in [-0.2, -0.15) is 0 Å². The van der Waals surface area contributed by atoms with E-state index in [2.05, 4.69) is 4.98 Å². The third-order valence-corrected chi connectivity index (χ3v) is 4.73. The Morgan fingerprint density at radius 3 is 2.54 bits per heavy atom. The Hall–Kier alpha value is -2.67. The Morgan fingerprint density at radius 1 is 1.33 bits per heavy atom. The van der Waals surface area contributed by atoms with Gasteiger partial charge >= 0.3 is 0 Å². The number of carbonyl (C=O) groups is 2. The van der Waals surface area contributed by atoms with E-state index >= 15 is 0 Å². The standard InChI is InChI=1S/C17H17N3O3S/c1-9(2)23-12-6-4-11(5-7-12)14-13(8-21)20-10(3)15(16(18)22)24-17(20)19-14/h4-9H,1-3H3,(H2,18,22). The van der Waals surface area contributed by atoms with Gasteiger partial charge in [0.1, 0.15) is 22.0 Å². The highest BCUT2D eigenvalue weighted by Gasteiger charge is 2.21. The number of fused-ring (bicyclic) bond motifs is 1. The number of aromatic nitrogens is 2. The predicted octanol–water partition coefficient (Wildman–Crippen LogP) is 3.07. The lowest BCUT2D eigenvalue weighted by molar-refractivity contribution is 0.100. The summed E-state index contributed by atoms with van der Waals surface area (Å²) in [5, 5.41) is 0. The third-order valence-electron chi connectivity index (χ3n) is 3.57. The summed E-state index contributed by atoms with van der Waals surface area (Å²) in [5.41, 5.74) is 7.78. The van der Waals surface area contributed by atoms with Crippen LogP contribution in [0.2, 0.25) is 0 Å². The van der Waals surface area contributed by atoms with Gasteiger partial charge in [0.25, 0.3) is 5.91 Å². The summed E-state index contributed by atoms with van der Waals surface area (Å²) in [7, 11) is 0. The van der Waals surface area contributed by atoms with Gasteiger partial charge in [-0.1, -0.05) is 11.3 Å². The number of primary amides is 1. The molecular formula is C17H17N3O3S. The van der Waals surface area contributed by atoms with Crippen LogP contribution >= 0.6 is 11.3 Å². The molecule has 3 aromatic rings. The molecule has 2 aromatic heterocycles. The maximum Gasteiger partial charge on any atom is 0.260 e. The largest absolute Gasteiger partial charge is 0.491 e. The predicted molar refractivity (Wildman–Crippen MR) is 92.9 cm³/mol. The Labute approximate surface area is 142 Å². The van der Waals surface area contributed by atoms with Crippen LogP contribution in [0.25, 0.3) is 16.2 Å². The highest BCUT2D eigenvalue weighted by Crippen LogP contribution is 2.31. The number of amides is 1. The van der Waals surface area contributed by atoms with Gasteiger partial charge in [-0.25, -0.2) is 4.98 Å². The number of nitrogens with zero attached hydrogens (tertiary/aromatic N) is 2.